The van der Waals surface area contributed by atoms with Crippen LogP contribution in [0.25, 0.3) is 0 Å². The number of hydrogen-bond donors (Lipinski definition) is 3. The number of aliphatic hydroxyl groups is 1. The van der Waals surface area contributed by atoms with E-state index >= 15 is 0 Å². The van der Waals surface area contributed by atoms with Crippen molar-refractivity contribution < 1.29 is 9.90 Å². The van der Waals surface area contributed by atoms with Crippen LogP contribution < -0.4 is 11.1 Å². The molecule has 4 heteroatoms. The van der Waals surface area contributed by atoms with Gasteiger partial charge in [0.2, 0.25) is 5.91 Å². The summed E-state index contributed by atoms with van der Waals surface area (Å²) >= 11 is 0. The number of carbonyl (C=O) groups is 1. The van der Waals surface area contributed by atoms with E-state index in [4.69, 9.17) is 5.73 Å². The highest BCUT2D eigenvalue weighted by Gasteiger charge is 2.13. The van der Waals surface area contributed by atoms with Crippen LogP contribution in [0.15, 0.2) is 24.3 Å². The highest BCUT2D eigenvalue weighted by Crippen LogP contribution is 2.22. The van der Waals surface area contributed by atoms with Gasteiger partial charge in [-0.25, -0.2) is 0 Å². The van der Waals surface area contributed by atoms with Crippen LogP contribution in [-0.4, -0.2) is 17.6 Å². The minimum Gasteiger partial charge on any atom is -0.389 e. The molecule has 0 saturated carbocycles. The second-order valence-corrected chi connectivity index (χ2v) is 4.53. The Kier molecular flexibility index (Phi) is 5.82. The van der Waals surface area contributed by atoms with Gasteiger partial charge in [0.25, 0.3) is 0 Å². The van der Waals surface area contributed by atoms with Crippen molar-refractivity contribution in [2.24, 2.45) is 11.7 Å². The lowest BCUT2D eigenvalue weighted by atomic mass is 10.0. The van der Waals surface area contributed by atoms with Crippen LogP contribution in [0.5, 0.6) is 0 Å². The number of benzene rings is 1. The Morgan fingerprint density at radius 2 is 2.11 bits per heavy atom. The number of nitrogens with two attached hydrogens (primary N) is 1. The third-order valence-corrected chi connectivity index (χ3v) is 3.07. The molecule has 2 unspecified atom stereocenters. The smallest absolute Gasteiger partial charge is 0.224 e. The fraction of sp³-hybridized carbons (Fsp3) is 0.500. The van der Waals surface area contributed by atoms with Crippen LogP contribution in [0.4, 0.5) is 5.69 Å². The summed E-state index contributed by atoms with van der Waals surface area (Å²) < 4.78 is 0. The van der Waals surface area contributed by atoms with E-state index in [0.717, 1.165) is 12.0 Å². The van der Waals surface area contributed by atoms with Crippen LogP contribution in [-0.2, 0) is 4.79 Å². The van der Waals surface area contributed by atoms with Crippen molar-refractivity contribution in [1.82, 2.24) is 0 Å². The van der Waals surface area contributed by atoms with E-state index in [1.165, 1.54) is 0 Å². The zero-order valence-corrected chi connectivity index (χ0v) is 11.0. The lowest BCUT2D eigenvalue weighted by molar-refractivity contribution is -0.117. The van der Waals surface area contributed by atoms with E-state index in [0.29, 0.717) is 18.7 Å². The van der Waals surface area contributed by atoms with Crippen molar-refractivity contribution in [3.63, 3.8) is 0 Å². The SMILES string of the molecule is CCC(CN)CC(=O)Nc1ccccc1C(C)O. The molecule has 1 rings (SSSR count). The molecule has 0 aliphatic heterocycles. The zero-order chi connectivity index (χ0) is 13.5. The van der Waals surface area contributed by atoms with Crippen LogP contribution in [0.2, 0.25) is 0 Å². The number of aliphatic hydroxyl groups excluding tert-OH is 1. The van der Waals surface area contributed by atoms with Gasteiger partial charge in [-0.15, -0.1) is 0 Å². The number of hydrogen-bond acceptors (Lipinski definition) is 3. The fourth-order valence-corrected chi connectivity index (χ4v) is 1.83. The highest BCUT2D eigenvalue weighted by molar-refractivity contribution is 5.91. The summed E-state index contributed by atoms with van der Waals surface area (Å²) in [4.78, 5) is 11.9. The zero-order valence-electron chi connectivity index (χ0n) is 11.0. The van der Waals surface area contributed by atoms with Gasteiger partial charge in [0.15, 0.2) is 0 Å². The van der Waals surface area contributed by atoms with Crippen molar-refractivity contribution in [1.29, 1.82) is 0 Å². The van der Waals surface area contributed by atoms with E-state index < -0.39 is 6.10 Å². The van der Waals surface area contributed by atoms with E-state index in [1.54, 1.807) is 19.1 Å². The van der Waals surface area contributed by atoms with Gasteiger partial charge in [0.05, 0.1) is 6.10 Å². The predicted octanol–water partition coefficient (Wildman–Crippen LogP) is 2.05. The maximum Gasteiger partial charge on any atom is 0.224 e. The Morgan fingerprint density at radius 1 is 1.44 bits per heavy atom. The van der Waals surface area contributed by atoms with Gasteiger partial charge in [-0.1, -0.05) is 31.5 Å². The second-order valence-electron chi connectivity index (χ2n) is 4.53. The third kappa shape index (κ3) is 4.13. The maximum atomic E-state index is 11.9. The van der Waals surface area contributed by atoms with Gasteiger partial charge in [0, 0.05) is 17.7 Å². The Morgan fingerprint density at radius 3 is 2.67 bits per heavy atom. The highest BCUT2D eigenvalue weighted by atomic mass is 16.3. The minimum atomic E-state index is -0.599. The van der Waals surface area contributed by atoms with Crippen LogP contribution in [0.3, 0.4) is 0 Å². The normalized spacial score (nSPS) is 14.0. The largest absolute Gasteiger partial charge is 0.389 e. The molecule has 18 heavy (non-hydrogen) atoms. The van der Waals surface area contributed by atoms with E-state index in [-0.39, 0.29) is 11.8 Å². The van der Waals surface area contributed by atoms with Gasteiger partial charge in [-0.2, -0.15) is 0 Å². The predicted molar refractivity (Wildman–Crippen MR) is 73.2 cm³/mol. The third-order valence-electron chi connectivity index (χ3n) is 3.07. The molecule has 4 N–H and O–H groups in total. The first kappa shape index (κ1) is 14.7. The first-order valence-corrected chi connectivity index (χ1v) is 6.35. The summed E-state index contributed by atoms with van der Waals surface area (Å²) in [7, 11) is 0. The van der Waals surface area contributed by atoms with Crippen LogP contribution >= 0.6 is 0 Å². The molecule has 1 aromatic carbocycles. The number of nitrogens with one attached hydrogen (secondary N) is 1. The second kappa shape index (κ2) is 7.13. The Hall–Kier alpha value is -1.39. The summed E-state index contributed by atoms with van der Waals surface area (Å²) in [5.74, 6) is 0.157. The molecule has 0 bridgehead atoms. The lowest BCUT2D eigenvalue weighted by Gasteiger charge is -2.15. The quantitative estimate of drug-likeness (QED) is 0.723. The number of para-hydroxylation sites is 1. The van der Waals surface area contributed by atoms with Gasteiger partial charge < -0.3 is 16.2 Å². The van der Waals surface area contributed by atoms with E-state index in [9.17, 15) is 9.90 Å². The van der Waals surface area contributed by atoms with Gasteiger partial charge >= 0.3 is 0 Å². The summed E-state index contributed by atoms with van der Waals surface area (Å²) in [5.41, 5.74) is 6.98. The molecule has 0 aliphatic carbocycles. The van der Waals surface area contributed by atoms with Crippen molar-refractivity contribution in [2.45, 2.75) is 32.8 Å². The molecule has 0 fully saturated rings. The first-order chi connectivity index (χ1) is 8.58. The van der Waals surface area contributed by atoms with Crippen LogP contribution in [0.1, 0.15) is 38.4 Å². The average molecular weight is 250 g/mol. The molecule has 0 aliphatic rings. The van der Waals surface area contributed by atoms with Crippen molar-refractivity contribution >= 4 is 11.6 Å². The number of amides is 1. The van der Waals surface area contributed by atoms with Gasteiger partial charge in [-0.3, -0.25) is 4.79 Å². The lowest BCUT2D eigenvalue weighted by Crippen LogP contribution is -2.22. The molecule has 4 nitrogen and oxygen atoms in total. The maximum absolute atomic E-state index is 11.9. The van der Waals surface area contributed by atoms with E-state index in [1.807, 2.05) is 19.1 Å². The monoisotopic (exact) mass is 250 g/mol. The summed E-state index contributed by atoms with van der Waals surface area (Å²) in [6.45, 7) is 4.22. The Bertz CT molecular complexity index is 387. The molecule has 2 atom stereocenters. The molecule has 0 spiro atoms. The van der Waals surface area contributed by atoms with Crippen molar-refractivity contribution in [2.75, 3.05) is 11.9 Å². The fourth-order valence-electron chi connectivity index (χ4n) is 1.83. The first-order valence-electron chi connectivity index (χ1n) is 6.35. The number of carbonyl (C=O) groups excluding carboxylic acids is 1. The minimum absolute atomic E-state index is 0.0552. The summed E-state index contributed by atoms with van der Waals surface area (Å²) in [5, 5.41) is 12.5. The van der Waals surface area contributed by atoms with Crippen molar-refractivity contribution in [3.05, 3.63) is 29.8 Å². The standard InChI is InChI=1S/C14H22N2O2/c1-3-11(9-15)8-14(18)16-13-7-5-4-6-12(13)10(2)17/h4-7,10-11,17H,3,8-9,15H2,1-2H3,(H,16,18). The molecule has 0 radical (unpaired) electrons. The van der Waals surface area contributed by atoms with E-state index in [2.05, 4.69) is 5.32 Å². The number of anilines is 1. The van der Waals surface area contributed by atoms with Gasteiger partial charge in [-0.05, 0) is 25.5 Å². The number of rotatable bonds is 6. The van der Waals surface area contributed by atoms with Crippen molar-refractivity contribution in [3.8, 4) is 0 Å². The van der Waals surface area contributed by atoms with Gasteiger partial charge in [0.1, 0.15) is 0 Å². The summed E-state index contributed by atoms with van der Waals surface area (Å²) in [6.07, 6.45) is 0.710. The summed E-state index contributed by atoms with van der Waals surface area (Å²) in [6, 6.07) is 7.28. The molecule has 1 amide bonds. The average Bonchev–Trinajstić information content (AvgIpc) is 2.36. The molecule has 0 aromatic heterocycles. The Labute approximate surface area is 108 Å². The molecular weight excluding hydrogens is 228 g/mol. The molecule has 0 heterocycles. The Balaban J connectivity index is 2.70. The molecule has 100 valence electrons. The molecule has 0 saturated heterocycles. The molecule has 1 aromatic rings. The van der Waals surface area contributed by atoms with Crippen LogP contribution in [0, 0.1) is 5.92 Å². The topological polar surface area (TPSA) is 75.4 Å². The molecular formula is C14H22N2O2.